The van der Waals surface area contributed by atoms with E-state index in [-0.39, 0.29) is 0 Å². The molecule has 103 valence electrons. The van der Waals surface area contributed by atoms with Crippen LogP contribution in [0.15, 0.2) is 54.6 Å². The zero-order chi connectivity index (χ0) is 14.5. The van der Waals surface area contributed by atoms with Gasteiger partial charge in [-0.1, -0.05) is 23.4 Å². The minimum atomic E-state index is 0.585. The summed E-state index contributed by atoms with van der Waals surface area (Å²) in [6, 6.07) is 14.6. The number of benzene rings is 2. The highest BCUT2D eigenvalue weighted by Gasteiger charge is 2.08. The molecule has 0 saturated carbocycles. The molecule has 3 nitrogen and oxygen atoms in total. The van der Waals surface area contributed by atoms with Crippen LogP contribution in [0.1, 0.15) is 19.4 Å². The minimum absolute atomic E-state index is 0.585. The van der Waals surface area contributed by atoms with E-state index in [0.29, 0.717) is 11.4 Å². The molecule has 0 saturated heterocycles. The van der Waals surface area contributed by atoms with E-state index < -0.39 is 0 Å². The molecule has 0 bridgehead atoms. The maximum absolute atomic E-state index is 12.3. The predicted octanol–water partition coefficient (Wildman–Crippen LogP) is 4.60. The van der Waals surface area contributed by atoms with Crippen molar-refractivity contribution in [3.05, 3.63) is 60.2 Å². The number of ether oxygens (including phenoxy) is 1. The molecular weight excluding hydrogens is 250 g/mol. The molecule has 3 heteroatoms. The van der Waals surface area contributed by atoms with Gasteiger partial charge in [-0.05, 0) is 61.4 Å². The molecule has 0 aliphatic rings. The molecular formula is C17H18NO2. The van der Waals surface area contributed by atoms with Gasteiger partial charge in [0.2, 0.25) is 0 Å². The average Bonchev–Trinajstić information content (AvgIpc) is 2.53. The van der Waals surface area contributed by atoms with Crippen molar-refractivity contribution >= 4 is 16.9 Å². The van der Waals surface area contributed by atoms with Gasteiger partial charge in [0.25, 0.3) is 0 Å². The fourth-order valence-corrected chi connectivity index (χ4v) is 1.89. The Hall–Kier alpha value is -2.26. The third-order valence-corrected chi connectivity index (χ3v) is 3.30. The van der Waals surface area contributed by atoms with E-state index >= 15 is 0 Å². The van der Waals surface area contributed by atoms with Crippen molar-refractivity contribution in [3.8, 4) is 5.75 Å². The predicted molar refractivity (Wildman–Crippen MR) is 81.6 cm³/mol. The Labute approximate surface area is 119 Å². The average molecular weight is 268 g/mol. The first-order valence-corrected chi connectivity index (χ1v) is 6.50. The lowest BCUT2D eigenvalue weighted by atomic mass is 10.1. The van der Waals surface area contributed by atoms with Gasteiger partial charge in [0.1, 0.15) is 5.75 Å². The third kappa shape index (κ3) is 3.00. The second kappa shape index (κ2) is 6.26. The van der Waals surface area contributed by atoms with Gasteiger partial charge < -0.3 is 4.74 Å². The summed E-state index contributed by atoms with van der Waals surface area (Å²) in [5, 5.41) is 13.2. The van der Waals surface area contributed by atoms with Gasteiger partial charge in [-0.25, -0.2) is 0 Å². The van der Waals surface area contributed by atoms with E-state index in [9.17, 15) is 5.21 Å². The van der Waals surface area contributed by atoms with Crippen molar-refractivity contribution in [2.24, 2.45) is 0 Å². The first kappa shape index (κ1) is 14.2. The smallest absolute Gasteiger partial charge is 0.119 e. The molecule has 0 aliphatic heterocycles. The van der Waals surface area contributed by atoms with Crippen LogP contribution in [0.5, 0.6) is 5.75 Å². The second-order valence-electron chi connectivity index (χ2n) is 4.51. The Balaban J connectivity index is 2.21. The molecule has 0 amide bonds. The largest absolute Gasteiger partial charge is 0.497 e. The van der Waals surface area contributed by atoms with Gasteiger partial charge >= 0.3 is 0 Å². The molecule has 0 fully saturated rings. The highest BCUT2D eigenvalue weighted by atomic mass is 16.5. The van der Waals surface area contributed by atoms with Crippen molar-refractivity contribution in [1.29, 1.82) is 0 Å². The number of hydrogen-bond donors (Lipinski definition) is 0. The number of nitrogens with zero attached hydrogens (tertiary/aromatic N) is 1. The lowest BCUT2D eigenvalue weighted by molar-refractivity contribution is 0.196. The van der Waals surface area contributed by atoms with Gasteiger partial charge in [0.15, 0.2) is 0 Å². The normalized spacial score (nSPS) is 11.3. The van der Waals surface area contributed by atoms with Gasteiger partial charge in [-0.3, -0.25) is 0 Å². The molecule has 0 N–H and O–H groups in total. The monoisotopic (exact) mass is 268 g/mol. The standard InChI is InChI=1S/C17H18NO2/c1-4-13(2)14-5-7-15(8-6-14)18(19)16-9-11-17(20-3)12-10-16/h4-12H,1-3H3/b13-4-. The van der Waals surface area contributed by atoms with Crippen molar-refractivity contribution < 1.29 is 9.94 Å². The van der Waals surface area contributed by atoms with Gasteiger partial charge in [0.05, 0.1) is 18.5 Å². The molecule has 2 aromatic rings. The number of allylic oxidation sites excluding steroid dienone is 2. The van der Waals surface area contributed by atoms with Crippen LogP contribution in [0.2, 0.25) is 0 Å². The van der Waals surface area contributed by atoms with E-state index in [0.717, 1.165) is 16.4 Å². The maximum Gasteiger partial charge on any atom is 0.119 e. The summed E-state index contributed by atoms with van der Waals surface area (Å²) in [5.74, 6) is 0.737. The minimum Gasteiger partial charge on any atom is -0.497 e. The first-order chi connectivity index (χ1) is 9.65. The van der Waals surface area contributed by atoms with Crippen LogP contribution in [-0.4, -0.2) is 7.11 Å². The molecule has 2 rings (SSSR count). The topological polar surface area (TPSA) is 32.4 Å². The van der Waals surface area contributed by atoms with E-state index in [4.69, 9.17) is 4.74 Å². The Morgan fingerprint density at radius 3 is 1.95 bits per heavy atom. The van der Waals surface area contributed by atoms with Crippen LogP contribution in [0.4, 0.5) is 11.4 Å². The van der Waals surface area contributed by atoms with Crippen molar-refractivity contribution in [3.63, 3.8) is 0 Å². The van der Waals surface area contributed by atoms with Gasteiger partial charge in [-0.15, -0.1) is 0 Å². The zero-order valence-corrected chi connectivity index (χ0v) is 12.0. The summed E-state index contributed by atoms with van der Waals surface area (Å²) >= 11 is 0. The van der Waals surface area contributed by atoms with Gasteiger partial charge in [-0.2, -0.15) is 5.06 Å². The van der Waals surface area contributed by atoms with E-state index in [1.54, 1.807) is 31.4 Å². The summed E-state index contributed by atoms with van der Waals surface area (Å²) in [4.78, 5) is 0. The molecule has 0 aromatic heterocycles. The molecule has 2 aromatic carbocycles. The lowest BCUT2D eigenvalue weighted by Crippen LogP contribution is -2.08. The lowest BCUT2D eigenvalue weighted by Gasteiger charge is -2.15. The van der Waals surface area contributed by atoms with Crippen LogP contribution in [-0.2, 0) is 5.21 Å². The fourth-order valence-electron chi connectivity index (χ4n) is 1.89. The Bertz CT molecular complexity index is 585. The van der Waals surface area contributed by atoms with E-state index in [1.165, 1.54) is 5.57 Å². The summed E-state index contributed by atoms with van der Waals surface area (Å²) in [7, 11) is 1.60. The van der Waals surface area contributed by atoms with Crippen molar-refractivity contribution in [1.82, 2.24) is 0 Å². The van der Waals surface area contributed by atoms with Crippen LogP contribution >= 0.6 is 0 Å². The highest BCUT2D eigenvalue weighted by Crippen LogP contribution is 2.27. The summed E-state index contributed by atoms with van der Waals surface area (Å²) in [6.45, 7) is 4.05. The van der Waals surface area contributed by atoms with E-state index in [1.807, 2.05) is 44.2 Å². The number of anilines is 2. The Morgan fingerprint density at radius 2 is 1.50 bits per heavy atom. The molecule has 20 heavy (non-hydrogen) atoms. The third-order valence-electron chi connectivity index (χ3n) is 3.30. The SMILES string of the molecule is C/C=C(/C)c1ccc(N([O])c2ccc(OC)cc2)cc1. The fraction of sp³-hybridized carbons (Fsp3) is 0.176. The van der Waals surface area contributed by atoms with Crippen molar-refractivity contribution in [2.75, 3.05) is 12.2 Å². The van der Waals surface area contributed by atoms with Crippen LogP contribution in [0.3, 0.4) is 0 Å². The first-order valence-electron chi connectivity index (χ1n) is 6.50. The number of rotatable bonds is 4. The summed E-state index contributed by atoms with van der Waals surface area (Å²) in [6.07, 6.45) is 2.05. The van der Waals surface area contributed by atoms with Crippen LogP contribution < -0.4 is 9.80 Å². The molecule has 0 heterocycles. The Kier molecular flexibility index (Phi) is 4.43. The molecule has 1 radical (unpaired) electrons. The second-order valence-corrected chi connectivity index (χ2v) is 4.51. The van der Waals surface area contributed by atoms with Crippen molar-refractivity contribution in [2.45, 2.75) is 13.8 Å². The summed E-state index contributed by atoms with van der Waals surface area (Å²) in [5.41, 5.74) is 3.52. The molecule has 0 unspecified atom stereocenters. The quantitative estimate of drug-likeness (QED) is 0.759. The maximum atomic E-state index is 12.3. The Morgan fingerprint density at radius 1 is 1.00 bits per heavy atom. The highest BCUT2D eigenvalue weighted by molar-refractivity contribution is 5.67. The molecule has 0 aliphatic carbocycles. The molecule has 0 spiro atoms. The van der Waals surface area contributed by atoms with Gasteiger partial charge in [0, 0.05) is 0 Å². The van der Waals surface area contributed by atoms with Crippen LogP contribution in [0.25, 0.3) is 5.57 Å². The molecule has 0 atom stereocenters. The summed E-state index contributed by atoms with van der Waals surface area (Å²) < 4.78 is 5.08. The van der Waals surface area contributed by atoms with E-state index in [2.05, 4.69) is 0 Å². The number of hydrogen-bond acceptors (Lipinski definition) is 2. The number of methoxy groups -OCH3 is 1. The van der Waals surface area contributed by atoms with Crippen LogP contribution in [0, 0.1) is 0 Å². The zero-order valence-electron chi connectivity index (χ0n) is 12.0.